The Hall–Kier alpha value is -4.12. The molecule has 0 amide bonds. The fourth-order valence-electron chi connectivity index (χ4n) is 4.69. The van der Waals surface area contributed by atoms with E-state index in [2.05, 4.69) is 54.4 Å². The van der Waals surface area contributed by atoms with Gasteiger partial charge in [-0.2, -0.15) is 28.1 Å². The van der Waals surface area contributed by atoms with Crippen molar-refractivity contribution in [1.82, 2.24) is 19.9 Å². The average molecular weight is 583 g/mol. The zero-order valence-corrected chi connectivity index (χ0v) is 23.2. The molecule has 0 aliphatic carbocycles. The Morgan fingerprint density at radius 2 is 1.68 bits per heavy atom. The highest BCUT2D eigenvalue weighted by molar-refractivity contribution is 6.32. The Bertz CT molecular complexity index is 1440. The maximum absolute atomic E-state index is 13.0. The van der Waals surface area contributed by atoms with Gasteiger partial charge in [-0.3, -0.25) is 0 Å². The number of aromatic nitrogens is 4. The zero-order valence-electron chi connectivity index (χ0n) is 22.4. The average Bonchev–Trinajstić information content (AvgIpc) is 2.96. The Balaban J connectivity index is 1.33. The minimum atomic E-state index is -4.41. The zero-order chi connectivity index (χ0) is 28.8. The SMILES string of the molecule is CC1CN(c2ncccc2Cl)CCN1c1nc(NCCCc2ccccc2)nc(Nc2ccc(C(F)(F)F)cc2)n1. The summed E-state index contributed by atoms with van der Waals surface area (Å²) >= 11 is 6.38. The number of nitrogens with zero attached hydrogens (tertiary/aromatic N) is 6. The Kier molecular flexibility index (Phi) is 8.72. The smallest absolute Gasteiger partial charge is 0.354 e. The molecule has 3 heterocycles. The summed E-state index contributed by atoms with van der Waals surface area (Å²) in [5, 5.41) is 6.93. The number of rotatable bonds is 9. The van der Waals surface area contributed by atoms with Crippen LogP contribution < -0.4 is 20.4 Å². The molecule has 41 heavy (non-hydrogen) atoms. The van der Waals surface area contributed by atoms with E-state index in [1.807, 2.05) is 24.3 Å². The number of piperazine rings is 1. The summed E-state index contributed by atoms with van der Waals surface area (Å²) < 4.78 is 39.1. The van der Waals surface area contributed by atoms with Crippen LogP contribution in [0, 0.1) is 0 Å². The van der Waals surface area contributed by atoms with Crippen LogP contribution in [0.1, 0.15) is 24.5 Å². The van der Waals surface area contributed by atoms with Crippen molar-refractivity contribution in [2.24, 2.45) is 0 Å². The van der Waals surface area contributed by atoms with Crippen LogP contribution in [0.15, 0.2) is 72.9 Å². The van der Waals surface area contributed by atoms with E-state index in [1.165, 1.54) is 17.7 Å². The van der Waals surface area contributed by atoms with Crippen molar-refractivity contribution in [3.63, 3.8) is 0 Å². The summed E-state index contributed by atoms with van der Waals surface area (Å²) in [5.74, 6) is 1.84. The molecule has 8 nitrogen and oxygen atoms in total. The van der Waals surface area contributed by atoms with Crippen molar-refractivity contribution in [1.29, 1.82) is 0 Å². The normalized spacial score (nSPS) is 15.6. The van der Waals surface area contributed by atoms with Gasteiger partial charge in [-0.05, 0) is 61.7 Å². The van der Waals surface area contributed by atoms with E-state index < -0.39 is 11.7 Å². The topological polar surface area (TPSA) is 82.1 Å². The molecule has 1 aliphatic rings. The summed E-state index contributed by atoms with van der Waals surface area (Å²) in [6, 6.07) is 18.6. The standard InChI is InChI=1S/C29H30ClF3N8/c1-20-19-40(25-24(30)10-6-15-34-25)17-18-41(20)28-38-26(35-16-5-9-21-7-3-2-4-8-21)37-27(39-28)36-23-13-11-22(12-14-23)29(31,32)33/h2-4,6-8,10-15,20H,5,9,16-19H2,1H3,(H2,35,36,37,38,39). The number of nitrogens with one attached hydrogen (secondary N) is 2. The summed E-state index contributed by atoms with van der Waals surface area (Å²) in [7, 11) is 0. The van der Waals surface area contributed by atoms with Gasteiger partial charge in [0, 0.05) is 44.1 Å². The molecule has 12 heteroatoms. The predicted octanol–water partition coefficient (Wildman–Crippen LogP) is 6.44. The number of anilines is 5. The van der Waals surface area contributed by atoms with E-state index in [-0.39, 0.29) is 12.0 Å². The van der Waals surface area contributed by atoms with E-state index in [1.54, 1.807) is 12.3 Å². The van der Waals surface area contributed by atoms with Gasteiger partial charge >= 0.3 is 6.18 Å². The van der Waals surface area contributed by atoms with Crippen molar-refractivity contribution in [3.05, 3.63) is 89.1 Å². The van der Waals surface area contributed by atoms with Crippen LogP contribution in [0.25, 0.3) is 0 Å². The van der Waals surface area contributed by atoms with E-state index in [0.29, 0.717) is 48.8 Å². The summed E-state index contributed by atoms with van der Waals surface area (Å²) in [6.45, 7) is 4.64. The van der Waals surface area contributed by atoms with E-state index >= 15 is 0 Å². The van der Waals surface area contributed by atoms with Crippen molar-refractivity contribution in [2.75, 3.05) is 46.6 Å². The van der Waals surface area contributed by atoms with Crippen LogP contribution in [-0.4, -0.2) is 52.2 Å². The molecule has 0 saturated carbocycles. The number of hydrogen-bond donors (Lipinski definition) is 2. The third-order valence-corrected chi connectivity index (χ3v) is 7.08. The van der Waals surface area contributed by atoms with Crippen molar-refractivity contribution < 1.29 is 13.2 Å². The molecule has 2 N–H and O–H groups in total. The lowest BCUT2D eigenvalue weighted by molar-refractivity contribution is -0.137. The van der Waals surface area contributed by atoms with Gasteiger partial charge in [0.2, 0.25) is 17.8 Å². The number of pyridine rings is 1. The second kappa shape index (κ2) is 12.6. The van der Waals surface area contributed by atoms with Gasteiger partial charge in [-0.15, -0.1) is 0 Å². The fraction of sp³-hybridized carbons (Fsp3) is 0.310. The van der Waals surface area contributed by atoms with E-state index in [9.17, 15) is 13.2 Å². The first-order chi connectivity index (χ1) is 19.8. The summed E-state index contributed by atoms with van der Waals surface area (Å²) in [4.78, 5) is 22.5. The molecule has 0 bridgehead atoms. The molecule has 2 aromatic heterocycles. The lowest BCUT2D eigenvalue weighted by Gasteiger charge is -2.40. The van der Waals surface area contributed by atoms with Gasteiger partial charge in [0.1, 0.15) is 5.82 Å². The third kappa shape index (κ3) is 7.35. The molecule has 4 aromatic rings. The third-order valence-electron chi connectivity index (χ3n) is 6.78. The Morgan fingerprint density at radius 3 is 2.39 bits per heavy atom. The van der Waals surface area contributed by atoms with Crippen LogP contribution in [-0.2, 0) is 12.6 Å². The number of alkyl halides is 3. The van der Waals surface area contributed by atoms with E-state index in [4.69, 9.17) is 16.6 Å². The molecule has 5 rings (SSSR count). The molecular formula is C29H30ClF3N8. The Labute approximate surface area is 241 Å². The minimum Gasteiger partial charge on any atom is -0.354 e. The number of aryl methyl sites for hydroxylation is 1. The van der Waals surface area contributed by atoms with Gasteiger partial charge in [-0.25, -0.2) is 4.98 Å². The monoisotopic (exact) mass is 582 g/mol. The highest BCUT2D eigenvalue weighted by Gasteiger charge is 2.30. The molecule has 1 aliphatic heterocycles. The molecular weight excluding hydrogens is 553 g/mol. The van der Waals surface area contributed by atoms with Crippen molar-refractivity contribution >= 4 is 41.0 Å². The molecule has 214 valence electrons. The van der Waals surface area contributed by atoms with Crippen molar-refractivity contribution in [2.45, 2.75) is 32.0 Å². The lowest BCUT2D eigenvalue weighted by Crippen LogP contribution is -2.53. The highest BCUT2D eigenvalue weighted by Crippen LogP contribution is 2.31. The maximum atomic E-state index is 13.0. The van der Waals surface area contributed by atoms with Gasteiger partial charge in [-0.1, -0.05) is 41.9 Å². The molecule has 0 radical (unpaired) electrons. The van der Waals surface area contributed by atoms with Gasteiger partial charge < -0.3 is 20.4 Å². The number of benzene rings is 2. The quantitative estimate of drug-likeness (QED) is 0.218. The number of hydrogen-bond acceptors (Lipinski definition) is 8. The van der Waals surface area contributed by atoms with Gasteiger partial charge in [0.05, 0.1) is 10.6 Å². The summed E-state index contributed by atoms with van der Waals surface area (Å²) in [5.41, 5.74) is 0.961. The predicted molar refractivity (Wildman–Crippen MR) is 156 cm³/mol. The molecule has 1 atom stereocenters. The van der Waals surface area contributed by atoms with E-state index in [0.717, 1.165) is 30.8 Å². The first-order valence-electron chi connectivity index (χ1n) is 13.4. The molecule has 1 unspecified atom stereocenters. The van der Waals surface area contributed by atoms with Crippen LogP contribution in [0.2, 0.25) is 5.02 Å². The first-order valence-corrected chi connectivity index (χ1v) is 13.7. The van der Waals surface area contributed by atoms with Gasteiger partial charge in [0.15, 0.2) is 0 Å². The second-order valence-electron chi connectivity index (χ2n) is 9.80. The van der Waals surface area contributed by atoms with Crippen LogP contribution in [0.3, 0.4) is 0 Å². The molecule has 1 fully saturated rings. The molecule has 2 aromatic carbocycles. The molecule has 0 spiro atoms. The van der Waals surface area contributed by atoms with Gasteiger partial charge in [0.25, 0.3) is 0 Å². The maximum Gasteiger partial charge on any atom is 0.416 e. The molecule has 1 saturated heterocycles. The highest BCUT2D eigenvalue weighted by atomic mass is 35.5. The first kappa shape index (κ1) is 28.4. The lowest BCUT2D eigenvalue weighted by atomic mass is 10.1. The van der Waals surface area contributed by atoms with Crippen LogP contribution in [0.5, 0.6) is 0 Å². The van der Waals surface area contributed by atoms with Crippen LogP contribution in [0.4, 0.5) is 42.5 Å². The second-order valence-corrected chi connectivity index (χ2v) is 10.2. The largest absolute Gasteiger partial charge is 0.416 e. The summed E-state index contributed by atoms with van der Waals surface area (Å²) in [6.07, 6.45) is -0.920. The fourth-order valence-corrected chi connectivity index (χ4v) is 4.94. The van der Waals surface area contributed by atoms with Crippen molar-refractivity contribution in [3.8, 4) is 0 Å². The number of halogens is 4. The minimum absolute atomic E-state index is 0.0223. The van der Waals surface area contributed by atoms with Crippen LogP contribution >= 0.6 is 11.6 Å². The Morgan fingerprint density at radius 1 is 0.927 bits per heavy atom.